The second kappa shape index (κ2) is 7.65. The Kier molecular flexibility index (Phi) is 5.34. The van der Waals surface area contributed by atoms with Crippen LogP contribution in [-0.2, 0) is 14.3 Å². The summed E-state index contributed by atoms with van der Waals surface area (Å²) in [6.07, 6.45) is 0. The first-order valence-electron chi connectivity index (χ1n) is 7.64. The maximum absolute atomic E-state index is 12.1. The fraction of sp³-hybridized carbons (Fsp3) is 0.375. The quantitative estimate of drug-likeness (QED) is 0.805. The zero-order valence-electron chi connectivity index (χ0n) is 13.0. The largest absolute Gasteiger partial charge is 0.456 e. The van der Waals surface area contributed by atoms with Crippen molar-refractivity contribution in [2.24, 2.45) is 0 Å². The van der Waals surface area contributed by atoms with Gasteiger partial charge < -0.3 is 20.1 Å². The fourth-order valence-corrected chi connectivity index (χ4v) is 2.65. The zero-order chi connectivity index (χ0) is 16.9. The van der Waals surface area contributed by atoms with Gasteiger partial charge in [-0.05, 0) is 24.3 Å². The highest BCUT2D eigenvalue weighted by molar-refractivity contribution is 6.30. The predicted molar refractivity (Wildman–Crippen MR) is 88.9 cm³/mol. The number of rotatable bonds is 4. The lowest BCUT2D eigenvalue weighted by molar-refractivity contribution is -0.136. The smallest absolute Gasteiger partial charge is 0.337 e. The van der Waals surface area contributed by atoms with Crippen LogP contribution in [0.25, 0.3) is 0 Å². The molecule has 2 aliphatic rings. The van der Waals surface area contributed by atoms with E-state index in [1.54, 1.807) is 24.3 Å². The number of hydrogen-bond acceptors (Lipinski definition) is 5. The normalized spacial score (nSPS) is 18.5. The molecule has 0 radical (unpaired) electrons. The molecule has 24 heavy (non-hydrogen) atoms. The molecular formula is C16H18ClN3O4. The van der Waals surface area contributed by atoms with Crippen molar-refractivity contribution in [3.8, 4) is 0 Å². The molecule has 1 saturated heterocycles. The third-order valence-electron chi connectivity index (χ3n) is 3.81. The molecule has 0 unspecified atom stereocenters. The van der Waals surface area contributed by atoms with E-state index < -0.39 is 6.03 Å². The average Bonchev–Trinajstić information content (AvgIpc) is 2.91. The van der Waals surface area contributed by atoms with E-state index in [1.165, 1.54) is 0 Å². The Morgan fingerprint density at radius 1 is 1.17 bits per heavy atom. The number of esters is 1. The third-order valence-corrected chi connectivity index (χ3v) is 4.06. The number of nitrogens with zero attached hydrogens (tertiary/aromatic N) is 1. The van der Waals surface area contributed by atoms with Crippen LogP contribution in [0, 0.1) is 0 Å². The molecule has 0 saturated carbocycles. The molecule has 1 aromatic rings. The number of benzene rings is 1. The van der Waals surface area contributed by atoms with Crippen molar-refractivity contribution in [1.82, 2.24) is 10.2 Å². The molecule has 7 nitrogen and oxygen atoms in total. The van der Waals surface area contributed by atoms with Gasteiger partial charge in [-0.3, -0.25) is 4.90 Å². The summed E-state index contributed by atoms with van der Waals surface area (Å²) in [6.45, 7) is 3.30. The molecule has 2 heterocycles. The predicted octanol–water partition coefficient (Wildman–Crippen LogP) is 1.60. The summed E-state index contributed by atoms with van der Waals surface area (Å²) in [5.74, 6) is -0.386. The molecule has 2 amide bonds. The lowest BCUT2D eigenvalue weighted by atomic mass is 10.2. The van der Waals surface area contributed by atoms with Gasteiger partial charge in [-0.25, -0.2) is 9.59 Å². The lowest BCUT2D eigenvalue weighted by Crippen LogP contribution is -2.39. The van der Waals surface area contributed by atoms with Crippen LogP contribution in [0.4, 0.5) is 10.5 Å². The first kappa shape index (κ1) is 16.8. The third kappa shape index (κ3) is 4.25. The number of carbonyl (C=O) groups excluding carboxylic acids is 2. The van der Waals surface area contributed by atoms with E-state index in [2.05, 4.69) is 15.5 Å². The van der Waals surface area contributed by atoms with Gasteiger partial charge in [0.2, 0.25) is 0 Å². The number of nitrogens with one attached hydrogen (secondary N) is 2. The average molecular weight is 352 g/mol. The number of halogens is 1. The van der Waals surface area contributed by atoms with Gasteiger partial charge >= 0.3 is 12.0 Å². The van der Waals surface area contributed by atoms with Gasteiger partial charge in [-0.2, -0.15) is 0 Å². The molecule has 128 valence electrons. The van der Waals surface area contributed by atoms with E-state index >= 15 is 0 Å². The van der Waals surface area contributed by atoms with Crippen LogP contribution in [0.15, 0.2) is 35.5 Å². The first-order valence-corrected chi connectivity index (χ1v) is 8.02. The van der Waals surface area contributed by atoms with Crippen molar-refractivity contribution in [3.05, 3.63) is 40.6 Å². The van der Waals surface area contributed by atoms with E-state index in [4.69, 9.17) is 21.1 Å². The van der Waals surface area contributed by atoms with E-state index in [0.29, 0.717) is 41.7 Å². The van der Waals surface area contributed by atoms with Gasteiger partial charge in [-0.15, -0.1) is 0 Å². The standard InChI is InChI=1S/C16H18ClN3O4/c17-11-1-3-12(4-2-11)18-16(22)19-14-10-24-15(21)13(14)9-20-5-7-23-8-6-20/h1-4H,5-10H2,(H2,18,19,22). The molecule has 0 bridgehead atoms. The monoisotopic (exact) mass is 351 g/mol. The molecule has 3 rings (SSSR count). The summed E-state index contributed by atoms with van der Waals surface area (Å²) in [7, 11) is 0. The van der Waals surface area contributed by atoms with Crippen molar-refractivity contribution in [2.45, 2.75) is 0 Å². The molecule has 2 aliphatic heterocycles. The van der Waals surface area contributed by atoms with Crippen LogP contribution >= 0.6 is 11.6 Å². The number of anilines is 1. The maximum atomic E-state index is 12.1. The highest BCUT2D eigenvalue weighted by Gasteiger charge is 2.28. The second-order valence-electron chi connectivity index (χ2n) is 5.51. The zero-order valence-corrected chi connectivity index (χ0v) is 13.8. The van der Waals surface area contributed by atoms with Gasteiger partial charge in [0.05, 0.1) is 24.5 Å². The van der Waals surface area contributed by atoms with Gasteiger partial charge in [0.1, 0.15) is 6.61 Å². The Hall–Kier alpha value is -2.09. The van der Waals surface area contributed by atoms with Gasteiger partial charge in [0, 0.05) is 30.3 Å². The fourth-order valence-electron chi connectivity index (χ4n) is 2.52. The molecule has 0 atom stereocenters. The molecule has 0 aromatic heterocycles. The topological polar surface area (TPSA) is 79.9 Å². The van der Waals surface area contributed by atoms with Crippen molar-refractivity contribution < 1.29 is 19.1 Å². The Morgan fingerprint density at radius 2 is 1.88 bits per heavy atom. The van der Waals surface area contributed by atoms with Crippen LogP contribution in [-0.4, -0.2) is 56.4 Å². The molecular weight excluding hydrogens is 334 g/mol. The van der Waals surface area contributed by atoms with E-state index in [0.717, 1.165) is 13.1 Å². The van der Waals surface area contributed by atoms with Crippen LogP contribution < -0.4 is 10.6 Å². The van der Waals surface area contributed by atoms with E-state index in [1.807, 2.05) is 0 Å². The van der Waals surface area contributed by atoms with Gasteiger partial charge in [0.15, 0.2) is 0 Å². The van der Waals surface area contributed by atoms with Gasteiger partial charge in [-0.1, -0.05) is 11.6 Å². The van der Waals surface area contributed by atoms with Crippen LogP contribution in [0.3, 0.4) is 0 Å². The van der Waals surface area contributed by atoms with Crippen molar-refractivity contribution in [1.29, 1.82) is 0 Å². The molecule has 0 spiro atoms. The van der Waals surface area contributed by atoms with Crippen molar-refractivity contribution >= 4 is 29.3 Å². The van der Waals surface area contributed by atoms with Crippen LogP contribution in [0.1, 0.15) is 0 Å². The SMILES string of the molecule is O=C(NC1=C(CN2CCOCC2)C(=O)OC1)Nc1ccc(Cl)cc1. The number of hydrogen-bond donors (Lipinski definition) is 2. The summed E-state index contributed by atoms with van der Waals surface area (Å²) in [5, 5.41) is 5.99. The minimum Gasteiger partial charge on any atom is -0.456 e. The second-order valence-corrected chi connectivity index (χ2v) is 5.94. The Labute approximate surface area is 144 Å². The molecule has 1 aromatic carbocycles. The first-order chi connectivity index (χ1) is 11.6. The molecule has 2 N–H and O–H groups in total. The Balaban J connectivity index is 1.63. The number of morpholine rings is 1. The maximum Gasteiger partial charge on any atom is 0.337 e. The van der Waals surface area contributed by atoms with E-state index in [-0.39, 0.29) is 12.6 Å². The van der Waals surface area contributed by atoms with Crippen LogP contribution in [0.5, 0.6) is 0 Å². The van der Waals surface area contributed by atoms with Crippen molar-refractivity contribution in [3.63, 3.8) is 0 Å². The molecule has 0 aliphatic carbocycles. The highest BCUT2D eigenvalue weighted by Crippen LogP contribution is 2.17. The molecule has 1 fully saturated rings. The number of ether oxygens (including phenoxy) is 2. The summed E-state index contributed by atoms with van der Waals surface area (Å²) in [4.78, 5) is 26.1. The van der Waals surface area contributed by atoms with Gasteiger partial charge in [0.25, 0.3) is 0 Å². The van der Waals surface area contributed by atoms with Crippen molar-refractivity contribution in [2.75, 3.05) is 44.8 Å². The highest BCUT2D eigenvalue weighted by atomic mass is 35.5. The Morgan fingerprint density at radius 3 is 2.58 bits per heavy atom. The lowest BCUT2D eigenvalue weighted by Gasteiger charge is -2.26. The number of cyclic esters (lactones) is 1. The minimum atomic E-state index is -0.426. The number of urea groups is 1. The van der Waals surface area contributed by atoms with E-state index in [9.17, 15) is 9.59 Å². The summed E-state index contributed by atoms with van der Waals surface area (Å²) < 4.78 is 10.3. The Bertz CT molecular complexity index is 654. The minimum absolute atomic E-state index is 0.0759. The summed E-state index contributed by atoms with van der Waals surface area (Å²) in [6, 6.07) is 6.33. The summed E-state index contributed by atoms with van der Waals surface area (Å²) in [5.41, 5.74) is 1.60. The summed E-state index contributed by atoms with van der Waals surface area (Å²) >= 11 is 5.81. The number of carbonyl (C=O) groups is 2. The molecule has 8 heteroatoms. The van der Waals surface area contributed by atoms with Crippen LogP contribution in [0.2, 0.25) is 5.02 Å². The number of amides is 2.